The number of benzene rings is 2. The first-order valence-electron chi connectivity index (χ1n) is 10.7. The van der Waals surface area contributed by atoms with Gasteiger partial charge in [-0.2, -0.15) is 5.26 Å². The largest absolute Gasteiger partial charge is 0.361 e. The van der Waals surface area contributed by atoms with E-state index in [4.69, 9.17) is 0 Å². The Morgan fingerprint density at radius 2 is 1.90 bits per heavy atom. The summed E-state index contributed by atoms with van der Waals surface area (Å²) < 4.78 is 14.3. The van der Waals surface area contributed by atoms with Gasteiger partial charge in [-0.1, -0.05) is 12.1 Å². The van der Waals surface area contributed by atoms with Crippen LogP contribution in [0, 0.1) is 17.1 Å². The fourth-order valence-corrected chi connectivity index (χ4v) is 4.88. The van der Waals surface area contributed by atoms with Crippen LogP contribution in [0.3, 0.4) is 0 Å². The molecule has 0 radical (unpaired) electrons. The van der Waals surface area contributed by atoms with Crippen LogP contribution < -0.4 is 0 Å². The van der Waals surface area contributed by atoms with Gasteiger partial charge in [0.05, 0.1) is 5.56 Å². The fourth-order valence-electron chi connectivity index (χ4n) is 4.88. The first kappa shape index (κ1) is 18.9. The summed E-state index contributed by atoms with van der Waals surface area (Å²) in [6.07, 6.45) is 8.03. The van der Waals surface area contributed by atoms with Gasteiger partial charge >= 0.3 is 0 Å². The first-order valence-corrected chi connectivity index (χ1v) is 10.7. The number of fused-ring (bicyclic) bond motifs is 2. The van der Waals surface area contributed by atoms with Crippen LogP contribution in [0.4, 0.5) is 4.39 Å². The maximum atomic E-state index is 14.3. The molecule has 1 fully saturated rings. The van der Waals surface area contributed by atoms with Gasteiger partial charge in [0.15, 0.2) is 0 Å². The van der Waals surface area contributed by atoms with Crippen molar-refractivity contribution in [2.75, 3.05) is 19.6 Å². The molecule has 3 heterocycles. The Morgan fingerprint density at radius 3 is 2.73 bits per heavy atom. The molecule has 30 heavy (non-hydrogen) atoms. The highest BCUT2D eigenvalue weighted by Gasteiger charge is 2.23. The average Bonchev–Trinajstić information content (AvgIpc) is 3.39. The topological polar surface area (TPSA) is 58.6 Å². The minimum Gasteiger partial charge on any atom is -0.361 e. The Labute approximate surface area is 175 Å². The summed E-state index contributed by atoms with van der Waals surface area (Å²) in [5, 5.41) is 11.0. The lowest BCUT2D eigenvalue weighted by Gasteiger charge is -2.32. The summed E-state index contributed by atoms with van der Waals surface area (Å²) in [6, 6.07) is 13.9. The minimum absolute atomic E-state index is 0.120. The number of aromatic amines is 2. The van der Waals surface area contributed by atoms with E-state index in [0.29, 0.717) is 11.5 Å². The molecule has 0 atom stereocenters. The molecule has 4 nitrogen and oxygen atoms in total. The lowest BCUT2D eigenvalue weighted by Crippen LogP contribution is -2.33. The molecule has 0 bridgehead atoms. The molecule has 5 heteroatoms. The Hall–Kier alpha value is -3.10. The number of likely N-dealkylation sites (tertiary alicyclic amines) is 1. The Bertz CT molecular complexity index is 1220. The highest BCUT2D eigenvalue weighted by Crippen LogP contribution is 2.34. The lowest BCUT2D eigenvalue weighted by atomic mass is 9.89. The van der Waals surface area contributed by atoms with Crippen molar-refractivity contribution in [1.29, 1.82) is 5.26 Å². The third kappa shape index (κ3) is 3.48. The smallest absolute Gasteiger partial charge is 0.132 e. The molecule has 2 N–H and O–H groups in total. The van der Waals surface area contributed by atoms with Crippen LogP contribution in [-0.4, -0.2) is 34.5 Å². The molecule has 1 aliphatic rings. The molecular weight excluding hydrogens is 375 g/mol. The third-order valence-electron chi connectivity index (χ3n) is 6.52. The van der Waals surface area contributed by atoms with E-state index in [1.54, 1.807) is 18.3 Å². The molecule has 4 aromatic rings. The molecule has 1 aliphatic heterocycles. The average molecular weight is 401 g/mol. The summed E-state index contributed by atoms with van der Waals surface area (Å²) in [6.45, 7) is 3.19. The summed E-state index contributed by atoms with van der Waals surface area (Å²) in [5.74, 6) is 0.303. The van der Waals surface area contributed by atoms with Gasteiger partial charge in [0.2, 0.25) is 0 Å². The maximum absolute atomic E-state index is 14.3. The molecule has 152 valence electrons. The van der Waals surface area contributed by atoms with Gasteiger partial charge in [-0.25, -0.2) is 4.39 Å². The Kier molecular flexibility index (Phi) is 5.02. The van der Waals surface area contributed by atoms with E-state index >= 15 is 0 Å². The number of nitrogens with one attached hydrogen (secondary N) is 2. The predicted molar refractivity (Wildman–Crippen MR) is 118 cm³/mol. The SMILES string of the molecule is N#Cc1c[nH]c2ccc(CCCN3CCC(c4c[nH]c5cccc(F)c45)CC3)cc12. The zero-order chi connectivity index (χ0) is 20.5. The van der Waals surface area contributed by atoms with Gasteiger partial charge < -0.3 is 14.9 Å². The molecule has 0 amide bonds. The number of rotatable bonds is 5. The summed E-state index contributed by atoms with van der Waals surface area (Å²) in [4.78, 5) is 8.91. The number of halogens is 1. The van der Waals surface area contributed by atoms with Gasteiger partial charge in [-0.3, -0.25) is 0 Å². The predicted octanol–water partition coefficient (Wildman–Crippen LogP) is 5.47. The van der Waals surface area contributed by atoms with Crippen molar-refractivity contribution >= 4 is 21.8 Å². The quantitative estimate of drug-likeness (QED) is 0.466. The van der Waals surface area contributed by atoms with Crippen LogP contribution in [0.1, 0.15) is 41.9 Å². The minimum atomic E-state index is -0.120. The van der Waals surface area contributed by atoms with Gasteiger partial charge in [0, 0.05) is 34.2 Å². The molecule has 1 saturated heterocycles. The zero-order valence-electron chi connectivity index (χ0n) is 16.9. The summed E-state index contributed by atoms with van der Waals surface area (Å²) in [7, 11) is 0. The number of aromatic nitrogens is 2. The number of H-pyrrole nitrogens is 2. The van der Waals surface area contributed by atoms with Crippen molar-refractivity contribution in [1.82, 2.24) is 14.9 Å². The van der Waals surface area contributed by atoms with Gasteiger partial charge in [-0.15, -0.1) is 0 Å². The van der Waals surface area contributed by atoms with Crippen molar-refractivity contribution < 1.29 is 4.39 Å². The number of piperidine rings is 1. The standard InChI is InChI=1S/C25H25FN4/c26-22-4-1-5-24-25(22)21(16-29-24)18-8-11-30(12-9-18)10-2-3-17-6-7-23-20(13-17)19(14-27)15-28-23/h1,4-7,13,15-16,18,28-29H,2-3,8-12H2. The second-order valence-corrected chi connectivity index (χ2v) is 8.32. The van der Waals surface area contributed by atoms with Gasteiger partial charge in [0.25, 0.3) is 0 Å². The van der Waals surface area contributed by atoms with Crippen molar-refractivity contribution in [2.45, 2.75) is 31.6 Å². The number of hydrogen-bond acceptors (Lipinski definition) is 2. The maximum Gasteiger partial charge on any atom is 0.132 e. The number of nitriles is 1. The van der Waals surface area contributed by atoms with Gasteiger partial charge in [0.1, 0.15) is 11.9 Å². The molecule has 0 spiro atoms. The zero-order valence-corrected chi connectivity index (χ0v) is 16.9. The van der Waals surface area contributed by atoms with E-state index in [1.807, 2.05) is 12.3 Å². The highest BCUT2D eigenvalue weighted by molar-refractivity contribution is 5.86. The van der Waals surface area contributed by atoms with E-state index in [0.717, 1.165) is 72.7 Å². The second-order valence-electron chi connectivity index (χ2n) is 8.32. The first-order chi connectivity index (χ1) is 14.7. The van der Waals surface area contributed by atoms with E-state index in [2.05, 4.69) is 39.1 Å². The third-order valence-corrected chi connectivity index (χ3v) is 6.52. The monoisotopic (exact) mass is 400 g/mol. The highest BCUT2D eigenvalue weighted by atomic mass is 19.1. The van der Waals surface area contributed by atoms with Crippen LogP contribution in [0.2, 0.25) is 0 Å². The van der Waals surface area contributed by atoms with Crippen molar-refractivity contribution in [3.63, 3.8) is 0 Å². The van der Waals surface area contributed by atoms with Crippen molar-refractivity contribution in [3.05, 3.63) is 71.3 Å². The summed E-state index contributed by atoms with van der Waals surface area (Å²) in [5.41, 5.74) is 5.04. The van der Waals surface area contributed by atoms with E-state index < -0.39 is 0 Å². The number of hydrogen-bond donors (Lipinski definition) is 2. The van der Waals surface area contributed by atoms with Crippen LogP contribution in [0.15, 0.2) is 48.8 Å². The van der Waals surface area contributed by atoms with Gasteiger partial charge in [-0.05, 0) is 86.6 Å². The lowest BCUT2D eigenvalue weighted by molar-refractivity contribution is 0.210. The molecule has 0 unspecified atom stereocenters. The Balaban J connectivity index is 1.16. The van der Waals surface area contributed by atoms with E-state index in [1.165, 1.54) is 5.56 Å². The Morgan fingerprint density at radius 1 is 1.07 bits per heavy atom. The number of nitrogens with zero attached hydrogens (tertiary/aromatic N) is 2. The van der Waals surface area contributed by atoms with Crippen LogP contribution in [0.5, 0.6) is 0 Å². The van der Waals surface area contributed by atoms with Crippen LogP contribution >= 0.6 is 0 Å². The van der Waals surface area contributed by atoms with Crippen LogP contribution in [0.25, 0.3) is 21.8 Å². The molecular formula is C25H25FN4. The molecule has 0 aliphatic carbocycles. The fraction of sp³-hybridized carbons (Fsp3) is 0.320. The summed E-state index contributed by atoms with van der Waals surface area (Å²) >= 11 is 0. The van der Waals surface area contributed by atoms with E-state index in [-0.39, 0.29) is 5.82 Å². The molecule has 5 rings (SSSR count). The normalized spacial score (nSPS) is 15.7. The molecule has 0 saturated carbocycles. The number of aryl methyl sites for hydroxylation is 1. The van der Waals surface area contributed by atoms with Crippen LogP contribution in [-0.2, 0) is 6.42 Å². The van der Waals surface area contributed by atoms with Crippen molar-refractivity contribution in [3.8, 4) is 6.07 Å². The second kappa shape index (κ2) is 7.97. The molecule has 2 aromatic carbocycles. The molecule has 2 aromatic heterocycles. The van der Waals surface area contributed by atoms with E-state index in [9.17, 15) is 9.65 Å². The van der Waals surface area contributed by atoms with Crippen molar-refractivity contribution in [2.24, 2.45) is 0 Å².